The Labute approximate surface area is 215 Å². The van der Waals surface area contributed by atoms with Gasteiger partial charge >= 0.3 is 12.0 Å². The summed E-state index contributed by atoms with van der Waals surface area (Å²) in [7, 11) is 0. The maximum atomic E-state index is 13.7. The fourth-order valence-corrected chi connectivity index (χ4v) is 3.70. The van der Waals surface area contributed by atoms with Gasteiger partial charge in [-0.25, -0.2) is 18.9 Å². The smallest absolute Gasteiger partial charge is 0.335 e. The number of nitrogens with one attached hydrogen (secondary N) is 2. The van der Waals surface area contributed by atoms with Crippen LogP contribution in [0.1, 0.15) is 21.5 Å². The van der Waals surface area contributed by atoms with Gasteiger partial charge in [-0.2, -0.15) is 0 Å². The van der Waals surface area contributed by atoms with E-state index in [1.807, 2.05) is 0 Å². The normalized spacial score (nSPS) is 14.0. The second-order valence-corrected chi connectivity index (χ2v) is 8.30. The quantitative estimate of drug-likeness (QED) is 0.299. The molecule has 9 nitrogen and oxygen atoms in total. The van der Waals surface area contributed by atoms with Crippen LogP contribution in [0, 0.1) is 5.82 Å². The fraction of sp³-hybridized carbons (Fsp3) is 0.0769. The van der Waals surface area contributed by atoms with Crippen LogP contribution in [0.4, 0.5) is 14.9 Å². The number of para-hydroxylation sites is 1. The van der Waals surface area contributed by atoms with Gasteiger partial charge in [-0.1, -0.05) is 41.9 Å². The molecule has 188 valence electrons. The van der Waals surface area contributed by atoms with Crippen molar-refractivity contribution in [3.05, 3.63) is 100.0 Å². The summed E-state index contributed by atoms with van der Waals surface area (Å²) in [6.45, 7) is -0.521. The SMILES string of the molecule is O=C(CN1C(=O)N/C(=C/c2ccc(OCc3cccc(C(=O)O)c3)c(Cl)c2)C1=O)Nc1ccccc1F. The molecule has 1 saturated heterocycles. The van der Waals surface area contributed by atoms with Crippen LogP contribution in [0.5, 0.6) is 5.75 Å². The summed E-state index contributed by atoms with van der Waals surface area (Å²) in [6.07, 6.45) is 1.39. The topological polar surface area (TPSA) is 125 Å². The molecule has 37 heavy (non-hydrogen) atoms. The van der Waals surface area contributed by atoms with Crippen molar-refractivity contribution in [3.63, 3.8) is 0 Å². The molecule has 0 saturated carbocycles. The summed E-state index contributed by atoms with van der Waals surface area (Å²) in [5, 5.41) is 14.0. The van der Waals surface area contributed by atoms with Gasteiger partial charge < -0.3 is 20.5 Å². The molecule has 0 aromatic heterocycles. The third kappa shape index (κ3) is 6.11. The number of carbonyl (C=O) groups excluding carboxylic acids is 3. The summed E-state index contributed by atoms with van der Waals surface area (Å²) in [5.74, 6) is -2.84. The zero-order chi connectivity index (χ0) is 26.5. The van der Waals surface area contributed by atoms with Crippen molar-refractivity contribution in [1.82, 2.24) is 10.2 Å². The number of aromatic carboxylic acids is 1. The number of carboxylic acid groups (broad SMARTS) is 1. The Kier molecular flexibility index (Phi) is 7.49. The lowest BCUT2D eigenvalue weighted by molar-refractivity contribution is -0.127. The molecule has 0 atom stereocenters. The first kappa shape index (κ1) is 25.4. The van der Waals surface area contributed by atoms with Gasteiger partial charge in [-0.15, -0.1) is 0 Å². The Balaban J connectivity index is 1.40. The number of hydrogen-bond acceptors (Lipinski definition) is 5. The lowest BCUT2D eigenvalue weighted by Crippen LogP contribution is -2.38. The number of rotatable bonds is 8. The van der Waals surface area contributed by atoms with E-state index in [-0.39, 0.29) is 28.6 Å². The molecule has 4 rings (SSSR count). The molecule has 0 bridgehead atoms. The predicted octanol–water partition coefficient (Wildman–Crippen LogP) is 4.29. The summed E-state index contributed by atoms with van der Waals surface area (Å²) in [6, 6.07) is 15.7. The number of ether oxygens (including phenoxy) is 1. The van der Waals surface area contributed by atoms with E-state index in [4.69, 9.17) is 21.4 Å². The van der Waals surface area contributed by atoms with Gasteiger partial charge in [-0.05, 0) is 53.6 Å². The number of nitrogens with zero attached hydrogens (tertiary/aromatic N) is 1. The number of amides is 4. The Hall–Kier alpha value is -4.70. The van der Waals surface area contributed by atoms with Crippen LogP contribution in [0.15, 0.2) is 72.4 Å². The number of urea groups is 1. The van der Waals surface area contributed by atoms with Crippen LogP contribution in [-0.2, 0) is 16.2 Å². The van der Waals surface area contributed by atoms with Gasteiger partial charge in [0.2, 0.25) is 5.91 Å². The number of carbonyl (C=O) groups is 4. The highest BCUT2D eigenvalue weighted by Gasteiger charge is 2.35. The van der Waals surface area contributed by atoms with E-state index >= 15 is 0 Å². The molecule has 0 unspecified atom stereocenters. The van der Waals surface area contributed by atoms with E-state index in [0.29, 0.717) is 21.8 Å². The standard InChI is InChI=1S/C26H19ClFN3O6/c27-18-11-15(8-9-22(18)37-14-16-4-3-5-17(10-16)25(34)35)12-21-24(33)31(26(36)30-21)13-23(32)29-20-7-2-1-6-19(20)28/h1-12H,13-14H2,(H,29,32)(H,30,36)(H,34,35)/b21-12+. The number of imide groups is 1. The number of carboxylic acids is 1. The first-order chi connectivity index (χ1) is 17.7. The van der Waals surface area contributed by atoms with Crippen molar-refractivity contribution < 1.29 is 33.4 Å². The van der Waals surface area contributed by atoms with Crippen LogP contribution in [-0.4, -0.2) is 40.4 Å². The zero-order valence-electron chi connectivity index (χ0n) is 19.0. The van der Waals surface area contributed by atoms with Crippen molar-refractivity contribution in [3.8, 4) is 5.75 Å². The van der Waals surface area contributed by atoms with E-state index in [0.717, 1.165) is 0 Å². The second kappa shape index (κ2) is 10.9. The third-order valence-corrected chi connectivity index (χ3v) is 5.54. The molecular formula is C26H19ClFN3O6. The first-order valence-corrected chi connectivity index (χ1v) is 11.2. The summed E-state index contributed by atoms with van der Waals surface area (Å²) in [4.78, 5) is 49.0. The van der Waals surface area contributed by atoms with Gasteiger partial charge in [0.15, 0.2) is 0 Å². The Morgan fingerprint density at radius 3 is 2.59 bits per heavy atom. The maximum Gasteiger partial charge on any atom is 0.335 e. The van der Waals surface area contributed by atoms with Crippen molar-refractivity contribution in [2.24, 2.45) is 0 Å². The molecule has 3 N–H and O–H groups in total. The first-order valence-electron chi connectivity index (χ1n) is 10.8. The van der Waals surface area contributed by atoms with Crippen molar-refractivity contribution in [1.29, 1.82) is 0 Å². The molecule has 4 amide bonds. The molecule has 1 fully saturated rings. The lowest BCUT2D eigenvalue weighted by atomic mass is 10.1. The summed E-state index contributed by atoms with van der Waals surface area (Å²) < 4.78 is 19.4. The lowest BCUT2D eigenvalue weighted by Gasteiger charge is -2.12. The van der Waals surface area contributed by atoms with Crippen LogP contribution in [0.3, 0.4) is 0 Å². The molecule has 11 heteroatoms. The number of halogens is 2. The second-order valence-electron chi connectivity index (χ2n) is 7.89. The zero-order valence-corrected chi connectivity index (χ0v) is 19.8. The van der Waals surface area contributed by atoms with Crippen LogP contribution in [0.2, 0.25) is 5.02 Å². The highest BCUT2D eigenvalue weighted by atomic mass is 35.5. The van der Waals surface area contributed by atoms with E-state index in [9.17, 15) is 23.6 Å². The minimum atomic E-state index is -1.05. The Morgan fingerprint density at radius 1 is 1.08 bits per heavy atom. The van der Waals surface area contributed by atoms with Gasteiger partial charge in [0.1, 0.15) is 30.4 Å². The molecule has 3 aromatic carbocycles. The summed E-state index contributed by atoms with van der Waals surface area (Å²) >= 11 is 6.30. The molecule has 1 aliphatic rings. The van der Waals surface area contributed by atoms with E-state index in [1.165, 1.54) is 48.5 Å². The van der Waals surface area contributed by atoms with E-state index < -0.39 is 36.2 Å². The predicted molar refractivity (Wildman–Crippen MR) is 132 cm³/mol. The van der Waals surface area contributed by atoms with E-state index in [2.05, 4.69) is 10.6 Å². The Bertz CT molecular complexity index is 1440. The molecule has 0 aliphatic carbocycles. The minimum absolute atomic E-state index is 0.0677. The number of hydrogen-bond donors (Lipinski definition) is 3. The van der Waals surface area contributed by atoms with Crippen molar-refractivity contribution in [2.75, 3.05) is 11.9 Å². The monoisotopic (exact) mass is 523 g/mol. The molecular weight excluding hydrogens is 505 g/mol. The van der Waals surface area contributed by atoms with Gasteiger partial charge in [0, 0.05) is 0 Å². The van der Waals surface area contributed by atoms with Gasteiger partial charge in [0.25, 0.3) is 5.91 Å². The largest absolute Gasteiger partial charge is 0.487 e. The molecule has 3 aromatic rings. The average Bonchev–Trinajstić information content (AvgIpc) is 3.12. The average molecular weight is 524 g/mol. The molecule has 0 radical (unpaired) electrons. The molecule has 1 aliphatic heterocycles. The third-order valence-electron chi connectivity index (χ3n) is 5.25. The maximum absolute atomic E-state index is 13.7. The van der Waals surface area contributed by atoms with Crippen LogP contribution < -0.4 is 15.4 Å². The highest BCUT2D eigenvalue weighted by molar-refractivity contribution is 6.32. The highest BCUT2D eigenvalue weighted by Crippen LogP contribution is 2.28. The van der Waals surface area contributed by atoms with Crippen molar-refractivity contribution in [2.45, 2.75) is 6.61 Å². The minimum Gasteiger partial charge on any atom is -0.487 e. The number of anilines is 1. The fourth-order valence-electron chi connectivity index (χ4n) is 3.46. The van der Waals surface area contributed by atoms with Gasteiger partial charge in [0.05, 0.1) is 16.3 Å². The van der Waals surface area contributed by atoms with Gasteiger partial charge in [-0.3, -0.25) is 9.59 Å². The molecule has 1 heterocycles. The molecule has 0 spiro atoms. The van der Waals surface area contributed by atoms with Crippen LogP contribution >= 0.6 is 11.6 Å². The number of benzene rings is 3. The summed E-state index contributed by atoms with van der Waals surface area (Å²) in [5.41, 5.74) is 1.11. The van der Waals surface area contributed by atoms with Crippen molar-refractivity contribution >= 4 is 47.2 Å². The van der Waals surface area contributed by atoms with E-state index in [1.54, 1.807) is 24.3 Å². The Morgan fingerprint density at radius 2 is 1.86 bits per heavy atom. The van der Waals surface area contributed by atoms with Crippen LogP contribution in [0.25, 0.3) is 6.08 Å².